The Kier molecular flexibility index (Phi) is 4.54. The van der Waals surface area contributed by atoms with Gasteiger partial charge in [0.1, 0.15) is 23.3 Å². The van der Waals surface area contributed by atoms with Gasteiger partial charge in [-0.2, -0.15) is 5.26 Å². The molecule has 0 radical (unpaired) electrons. The van der Waals surface area contributed by atoms with E-state index < -0.39 is 17.2 Å². The van der Waals surface area contributed by atoms with Crippen LogP contribution in [-0.4, -0.2) is 20.6 Å². The van der Waals surface area contributed by atoms with E-state index in [4.69, 9.17) is 5.73 Å². The highest BCUT2D eigenvalue weighted by Crippen LogP contribution is 2.41. The van der Waals surface area contributed by atoms with Gasteiger partial charge < -0.3 is 15.4 Å². The Morgan fingerprint density at radius 3 is 2.70 bits per heavy atom. The number of rotatable bonds is 4. The third-order valence-corrected chi connectivity index (χ3v) is 5.58. The number of aryl methyl sites for hydroxylation is 1. The fraction of sp³-hybridized carbons (Fsp3) is 0.273. The first-order chi connectivity index (χ1) is 14.3. The summed E-state index contributed by atoms with van der Waals surface area (Å²) in [6.07, 6.45) is 3.47. The molecule has 0 bridgehead atoms. The Balaban J connectivity index is 2.17. The zero-order chi connectivity index (χ0) is 21.7. The van der Waals surface area contributed by atoms with Crippen LogP contribution in [0.25, 0.3) is 22.0 Å². The van der Waals surface area contributed by atoms with Crippen LogP contribution in [0.3, 0.4) is 0 Å². The van der Waals surface area contributed by atoms with E-state index >= 15 is 4.39 Å². The number of carboxylic acids is 1. The molecule has 1 aliphatic carbocycles. The van der Waals surface area contributed by atoms with Crippen LogP contribution in [-0.2, 0) is 6.42 Å². The van der Waals surface area contributed by atoms with E-state index in [0.29, 0.717) is 28.8 Å². The van der Waals surface area contributed by atoms with E-state index in [2.05, 4.69) is 4.98 Å². The van der Waals surface area contributed by atoms with Crippen molar-refractivity contribution in [1.82, 2.24) is 9.55 Å². The lowest BCUT2D eigenvalue weighted by atomic mass is 9.95. The number of carbonyl (C=O) groups is 1. The molecule has 0 atom stereocenters. The Labute approximate surface area is 171 Å². The van der Waals surface area contributed by atoms with Crippen molar-refractivity contribution < 1.29 is 14.3 Å². The summed E-state index contributed by atoms with van der Waals surface area (Å²) in [7, 11) is 0. The van der Waals surface area contributed by atoms with E-state index in [0.717, 1.165) is 18.9 Å². The minimum Gasteiger partial charge on any atom is -0.477 e. The fourth-order valence-corrected chi connectivity index (χ4v) is 4.13. The number of nitriles is 1. The van der Waals surface area contributed by atoms with E-state index in [9.17, 15) is 20.0 Å². The molecular formula is C22H19FN4O3. The summed E-state index contributed by atoms with van der Waals surface area (Å²) in [5.74, 6) is -1.94. The van der Waals surface area contributed by atoms with Gasteiger partial charge in [-0.1, -0.05) is 6.92 Å². The topological polar surface area (TPSA) is 122 Å². The maximum atomic E-state index is 15.2. The van der Waals surface area contributed by atoms with Gasteiger partial charge in [0.2, 0.25) is 5.43 Å². The summed E-state index contributed by atoms with van der Waals surface area (Å²) in [5.41, 5.74) is 6.87. The van der Waals surface area contributed by atoms with Gasteiger partial charge in [0, 0.05) is 34.4 Å². The molecule has 1 aromatic carbocycles. The molecule has 2 heterocycles. The fourth-order valence-electron chi connectivity index (χ4n) is 4.13. The first kappa shape index (κ1) is 19.6. The first-order valence-electron chi connectivity index (χ1n) is 9.59. The van der Waals surface area contributed by atoms with Gasteiger partial charge in [-0.05, 0) is 43.9 Å². The molecule has 0 spiro atoms. The van der Waals surface area contributed by atoms with Crippen LogP contribution in [0.5, 0.6) is 0 Å². The molecule has 1 aliphatic rings. The minimum atomic E-state index is -1.31. The molecule has 0 unspecified atom stereocenters. The third-order valence-electron chi connectivity index (χ3n) is 5.58. The Morgan fingerprint density at radius 1 is 1.43 bits per heavy atom. The monoisotopic (exact) mass is 406 g/mol. The van der Waals surface area contributed by atoms with Crippen LogP contribution < -0.4 is 11.2 Å². The number of pyridine rings is 2. The summed E-state index contributed by atoms with van der Waals surface area (Å²) in [6, 6.07) is 4.56. The van der Waals surface area contributed by atoms with E-state index in [1.54, 1.807) is 13.8 Å². The van der Waals surface area contributed by atoms with Crippen LogP contribution >= 0.6 is 0 Å². The van der Waals surface area contributed by atoms with Crippen molar-refractivity contribution in [3.8, 4) is 17.2 Å². The lowest BCUT2D eigenvalue weighted by Gasteiger charge is -2.21. The van der Waals surface area contributed by atoms with Crippen molar-refractivity contribution in [3.05, 3.63) is 56.8 Å². The molecule has 3 N–H and O–H groups in total. The van der Waals surface area contributed by atoms with Crippen LogP contribution in [0.4, 0.5) is 10.2 Å². The number of benzene rings is 1. The standard InChI is InChI=1S/C22H19FN4O3/c1-3-16-18(22(29)30)20(28)14-7-15(23)17(10(2)19(14)27(16)13-4-5-13)12-6-11(8-24)21(25)26-9-12/h6-7,9,13H,3-5H2,1-2H3,(H2,25,26)(H,29,30). The number of halogens is 1. The number of nitrogens with zero attached hydrogens (tertiary/aromatic N) is 3. The Hall–Kier alpha value is -3.73. The average Bonchev–Trinajstić information content (AvgIpc) is 3.54. The summed E-state index contributed by atoms with van der Waals surface area (Å²) in [5, 5.41) is 18.9. The summed E-state index contributed by atoms with van der Waals surface area (Å²) in [6.45, 7) is 3.50. The van der Waals surface area contributed by atoms with Crippen LogP contribution in [0.15, 0.2) is 23.1 Å². The molecular weight excluding hydrogens is 387 g/mol. The van der Waals surface area contributed by atoms with Crippen molar-refractivity contribution in [2.24, 2.45) is 0 Å². The number of anilines is 1. The number of aromatic nitrogens is 2. The molecule has 0 aliphatic heterocycles. The number of hydrogen-bond donors (Lipinski definition) is 2. The molecule has 8 heteroatoms. The molecule has 0 saturated heterocycles. The summed E-state index contributed by atoms with van der Waals surface area (Å²) < 4.78 is 17.1. The SMILES string of the molecule is CCc1c(C(=O)O)c(=O)c2cc(F)c(-c3cnc(N)c(C#N)c3)c(C)c2n1C1CC1. The zero-order valence-electron chi connectivity index (χ0n) is 16.5. The maximum Gasteiger partial charge on any atom is 0.341 e. The second kappa shape index (κ2) is 6.95. The second-order valence-corrected chi connectivity index (χ2v) is 7.43. The highest BCUT2D eigenvalue weighted by atomic mass is 19.1. The van der Waals surface area contributed by atoms with Gasteiger partial charge in [0.25, 0.3) is 0 Å². The normalized spacial score (nSPS) is 13.4. The number of nitrogen functional groups attached to an aromatic ring is 1. The molecule has 1 saturated carbocycles. The molecule has 3 aromatic rings. The van der Waals surface area contributed by atoms with Crippen LogP contribution in [0.1, 0.15) is 53.0 Å². The first-order valence-corrected chi connectivity index (χ1v) is 9.59. The number of fused-ring (bicyclic) bond motifs is 1. The molecule has 4 rings (SSSR count). The summed E-state index contributed by atoms with van der Waals surface area (Å²) in [4.78, 5) is 28.8. The van der Waals surface area contributed by atoms with Crippen molar-refractivity contribution in [1.29, 1.82) is 5.26 Å². The number of carboxylic acid groups (broad SMARTS) is 1. The lowest BCUT2D eigenvalue weighted by molar-refractivity contribution is 0.0693. The van der Waals surface area contributed by atoms with Crippen molar-refractivity contribution in [3.63, 3.8) is 0 Å². The minimum absolute atomic E-state index is 0.0409. The molecule has 30 heavy (non-hydrogen) atoms. The number of aromatic carboxylic acids is 1. The van der Waals surface area contributed by atoms with Gasteiger partial charge in [-0.3, -0.25) is 4.79 Å². The largest absolute Gasteiger partial charge is 0.477 e. The molecule has 152 valence electrons. The Morgan fingerprint density at radius 2 is 2.13 bits per heavy atom. The third kappa shape index (κ3) is 2.82. The highest BCUT2D eigenvalue weighted by Gasteiger charge is 2.32. The van der Waals surface area contributed by atoms with Gasteiger partial charge in [0.05, 0.1) is 11.1 Å². The van der Waals surface area contributed by atoms with Crippen LogP contribution in [0.2, 0.25) is 0 Å². The van der Waals surface area contributed by atoms with Gasteiger partial charge in [-0.15, -0.1) is 0 Å². The number of nitrogens with two attached hydrogens (primary N) is 1. The zero-order valence-corrected chi connectivity index (χ0v) is 16.5. The maximum absolute atomic E-state index is 15.2. The smallest absolute Gasteiger partial charge is 0.341 e. The lowest BCUT2D eigenvalue weighted by Crippen LogP contribution is -2.24. The van der Waals surface area contributed by atoms with E-state index in [1.807, 2.05) is 10.6 Å². The van der Waals surface area contributed by atoms with Crippen molar-refractivity contribution in [2.75, 3.05) is 5.73 Å². The predicted molar refractivity (Wildman–Crippen MR) is 110 cm³/mol. The van der Waals surface area contributed by atoms with Crippen LogP contribution in [0, 0.1) is 24.1 Å². The Bertz CT molecular complexity index is 1330. The van der Waals surface area contributed by atoms with Gasteiger partial charge in [0.15, 0.2) is 0 Å². The summed E-state index contributed by atoms with van der Waals surface area (Å²) >= 11 is 0. The molecule has 7 nitrogen and oxygen atoms in total. The average molecular weight is 406 g/mol. The van der Waals surface area contributed by atoms with Gasteiger partial charge in [-0.25, -0.2) is 14.2 Å². The predicted octanol–water partition coefficient (Wildman–Crippen LogP) is 3.56. The van der Waals surface area contributed by atoms with Crippen molar-refractivity contribution >= 4 is 22.7 Å². The molecule has 0 amide bonds. The van der Waals surface area contributed by atoms with E-state index in [1.165, 1.54) is 12.3 Å². The number of hydrogen-bond acceptors (Lipinski definition) is 5. The molecule has 2 aromatic heterocycles. The molecule has 1 fully saturated rings. The van der Waals surface area contributed by atoms with Gasteiger partial charge >= 0.3 is 5.97 Å². The van der Waals surface area contributed by atoms with E-state index in [-0.39, 0.29) is 33.9 Å². The quantitative estimate of drug-likeness (QED) is 0.683. The van der Waals surface area contributed by atoms with Crippen molar-refractivity contribution in [2.45, 2.75) is 39.2 Å². The second-order valence-electron chi connectivity index (χ2n) is 7.43. The highest BCUT2D eigenvalue weighted by molar-refractivity contribution is 5.97.